The van der Waals surface area contributed by atoms with Gasteiger partial charge in [0.1, 0.15) is 0 Å². The molecule has 3 aliphatic rings. The molecule has 4 heterocycles. The molecule has 24 heavy (non-hydrogen) atoms. The zero-order valence-corrected chi connectivity index (χ0v) is 13.9. The third kappa shape index (κ3) is 1.98. The summed E-state index contributed by atoms with van der Waals surface area (Å²) in [5, 5.41) is 4.15. The number of para-hydroxylation sites is 1. The maximum atomic E-state index is 12.7. The lowest BCUT2D eigenvalue weighted by Crippen LogP contribution is -2.41. The van der Waals surface area contributed by atoms with Crippen LogP contribution in [0.5, 0.6) is 0 Å². The van der Waals surface area contributed by atoms with E-state index in [0.29, 0.717) is 24.5 Å². The number of ether oxygens (including phenoxy) is 1. The Labute approximate surface area is 141 Å². The molecule has 4 atom stereocenters. The van der Waals surface area contributed by atoms with Gasteiger partial charge in [-0.1, -0.05) is 18.2 Å². The van der Waals surface area contributed by atoms with E-state index in [4.69, 9.17) is 4.74 Å². The van der Waals surface area contributed by atoms with Crippen LogP contribution in [-0.4, -0.2) is 54.2 Å². The van der Waals surface area contributed by atoms with Crippen LogP contribution in [0.4, 0.5) is 0 Å². The van der Waals surface area contributed by atoms with Gasteiger partial charge >= 0.3 is 0 Å². The molecule has 2 bridgehead atoms. The molecule has 1 aromatic heterocycles. The maximum Gasteiger partial charge on any atom is 0.253 e. The molecule has 5 rings (SSSR count). The highest BCUT2D eigenvalue weighted by Crippen LogP contribution is 2.54. The minimum atomic E-state index is 0.00984. The van der Waals surface area contributed by atoms with Crippen LogP contribution in [0, 0.1) is 11.8 Å². The number of hydrogen-bond acceptors (Lipinski definition) is 3. The van der Waals surface area contributed by atoms with Crippen LogP contribution in [0.2, 0.25) is 0 Å². The summed E-state index contributed by atoms with van der Waals surface area (Å²) in [4.78, 5) is 18.2. The highest BCUT2D eigenvalue weighted by molar-refractivity contribution is 6.06. The standard InChI is InChI=1S/C19H23N3O2/c1-22-10-15-14(17-6-7-19(15,11-22)24-17)9-21-18(23)13-8-20-16-5-3-2-4-12(13)16/h2-5,8,14-15,17,20H,6-7,9-11H2,1H3,(H,21,23)/t14-,15+,17+,19+/m0/s1. The van der Waals surface area contributed by atoms with Crippen molar-refractivity contribution in [3.05, 3.63) is 36.0 Å². The van der Waals surface area contributed by atoms with E-state index in [1.165, 1.54) is 6.42 Å². The molecule has 1 spiro atoms. The maximum absolute atomic E-state index is 12.7. The number of hydrogen-bond donors (Lipinski definition) is 2. The lowest BCUT2D eigenvalue weighted by molar-refractivity contribution is 0.00472. The molecule has 0 saturated carbocycles. The SMILES string of the molecule is CN1C[C@@H]2[C@H](CNC(=O)c3c[nH]c4ccccc34)[C@H]3CC[C@]2(C1)O3. The Kier molecular flexibility index (Phi) is 3.06. The third-order valence-corrected chi connectivity index (χ3v) is 6.29. The summed E-state index contributed by atoms with van der Waals surface area (Å²) in [5.74, 6) is 1.01. The highest BCUT2D eigenvalue weighted by Gasteiger charge is 2.62. The quantitative estimate of drug-likeness (QED) is 0.907. The Hall–Kier alpha value is -1.85. The fourth-order valence-corrected chi connectivity index (χ4v) is 5.26. The summed E-state index contributed by atoms with van der Waals surface area (Å²) >= 11 is 0. The van der Waals surface area contributed by atoms with Gasteiger partial charge in [-0.3, -0.25) is 4.79 Å². The summed E-state index contributed by atoms with van der Waals surface area (Å²) in [5.41, 5.74) is 1.80. The number of fused-ring (bicyclic) bond motifs is 2. The Balaban J connectivity index is 1.32. The van der Waals surface area contributed by atoms with E-state index in [1.54, 1.807) is 0 Å². The molecule has 5 heteroatoms. The van der Waals surface area contributed by atoms with E-state index in [2.05, 4.69) is 22.2 Å². The van der Waals surface area contributed by atoms with E-state index in [-0.39, 0.29) is 11.5 Å². The van der Waals surface area contributed by atoms with Crippen molar-refractivity contribution in [3.63, 3.8) is 0 Å². The number of likely N-dealkylation sites (N-methyl/N-ethyl adjacent to an activating group) is 1. The topological polar surface area (TPSA) is 57.4 Å². The van der Waals surface area contributed by atoms with Crippen LogP contribution in [0.25, 0.3) is 10.9 Å². The van der Waals surface area contributed by atoms with Crippen LogP contribution in [0.15, 0.2) is 30.5 Å². The number of carbonyl (C=O) groups excluding carboxylic acids is 1. The van der Waals surface area contributed by atoms with Crippen molar-refractivity contribution in [1.82, 2.24) is 15.2 Å². The van der Waals surface area contributed by atoms with Gasteiger partial charge in [-0.05, 0) is 26.0 Å². The second kappa shape index (κ2) is 5.07. The first-order valence-electron chi connectivity index (χ1n) is 8.87. The lowest BCUT2D eigenvalue weighted by Gasteiger charge is -2.29. The zero-order chi connectivity index (χ0) is 16.3. The summed E-state index contributed by atoms with van der Waals surface area (Å²) in [7, 11) is 2.17. The van der Waals surface area contributed by atoms with Crippen molar-refractivity contribution in [2.75, 3.05) is 26.7 Å². The first-order valence-corrected chi connectivity index (χ1v) is 8.87. The van der Waals surface area contributed by atoms with Crippen molar-refractivity contribution in [3.8, 4) is 0 Å². The first kappa shape index (κ1) is 14.5. The molecule has 5 nitrogen and oxygen atoms in total. The smallest absolute Gasteiger partial charge is 0.253 e. The molecule has 3 aliphatic heterocycles. The van der Waals surface area contributed by atoms with Crippen molar-refractivity contribution >= 4 is 16.8 Å². The second-order valence-corrected chi connectivity index (χ2v) is 7.68. The number of likely N-dealkylation sites (tertiary alicyclic amines) is 1. The van der Waals surface area contributed by atoms with Crippen LogP contribution in [-0.2, 0) is 4.74 Å². The van der Waals surface area contributed by atoms with E-state index in [0.717, 1.165) is 36.0 Å². The molecule has 0 unspecified atom stereocenters. The Morgan fingerprint density at radius 1 is 1.46 bits per heavy atom. The van der Waals surface area contributed by atoms with Gasteiger partial charge in [0.05, 0.1) is 17.3 Å². The minimum absolute atomic E-state index is 0.00984. The van der Waals surface area contributed by atoms with Gasteiger partial charge in [0.2, 0.25) is 0 Å². The lowest BCUT2D eigenvalue weighted by atomic mass is 9.73. The van der Waals surface area contributed by atoms with Gasteiger partial charge in [0.15, 0.2) is 0 Å². The molecule has 1 amide bonds. The van der Waals surface area contributed by atoms with Gasteiger partial charge < -0.3 is 19.9 Å². The molecule has 2 aromatic rings. The van der Waals surface area contributed by atoms with Crippen LogP contribution in [0.3, 0.4) is 0 Å². The molecule has 2 N–H and O–H groups in total. The monoisotopic (exact) mass is 325 g/mol. The number of amides is 1. The third-order valence-electron chi connectivity index (χ3n) is 6.29. The average molecular weight is 325 g/mol. The van der Waals surface area contributed by atoms with Crippen LogP contribution < -0.4 is 5.32 Å². The van der Waals surface area contributed by atoms with Crippen molar-refractivity contribution in [2.24, 2.45) is 11.8 Å². The summed E-state index contributed by atoms with van der Waals surface area (Å²) in [6, 6.07) is 7.92. The van der Waals surface area contributed by atoms with Crippen LogP contribution >= 0.6 is 0 Å². The molecule has 3 fully saturated rings. The zero-order valence-electron chi connectivity index (χ0n) is 13.9. The molecular formula is C19H23N3O2. The van der Waals surface area contributed by atoms with E-state index < -0.39 is 0 Å². The molecule has 1 aromatic carbocycles. The van der Waals surface area contributed by atoms with Gasteiger partial charge in [-0.2, -0.15) is 0 Å². The fourth-order valence-electron chi connectivity index (χ4n) is 5.26. The molecule has 0 aliphatic carbocycles. The largest absolute Gasteiger partial charge is 0.370 e. The number of aromatic nitrogens is 1. The van der Waals surface area contributed by atoms with Gasteiger partial charge in [-0.25, -0.2) is 0 Å². The van der Waals surface area contributed by atoms with Crippen LogP contribution in [0.1, 0.15) is 23.2 Å². The Bertz CT molecular complexity index is 801. The van der Waals surface area contributed by atoms with Gasteiger partial charge in [-0.15, -0.1) is 0 Å². The van der Waals surface area contributed by atoms with Crippen molar-refractivity contribution < 1.29 is 9.53 Å². The van der Waals surface area contributed by atoms with E-state index >= 15 is 0 Å². The summed E-state index contributed by atoms with van der Waals surface area (Å²) in [6.07, 6.45) is 4.45. The molecule has 0 radical (unpaired) electrons. The molecule has 126 valence electrons. The predicted octanol–water partition coefficient (Wildman–Crippen LogP) is 2.01. The number of rotatable bonds is 3. The van der Waals surface area contributed by atoms with E-state index in [1.807, 2.05) is 30.5 Å². The van der Waals surface area contributed by atoms with Crippen molar-refractivity contribution in [1.29, 1.82) is 0 Å². The Morgan fingerprint density at radius 3 is 3.25 bits per heavy atom. The number of aromatic amines is 1. The average Bonchev–Trinajstić information content (AvgIpc) is 3.30. The number of nitrogens with one attached hydrogen (secondary N) is 2. The van der Waals surface area contributed by atoms with Crippen molar-refractivity contribution in [2.45, 2.75) is 24.5 Å². The fraction of sp³-hybridized carbons (Fsp3) is 0.526. The molecule has 3 saturated heterocycles. The number of benzene rings is 1. The first-order chi connectivity index (χ1) is 11.7. The summed E-state index contributed by atoms with van der Waals surface area (Å²) < 4.78 is 6.36. The van der Waals surface area contributed by atoms with Gasteiger partial charge in [0, 0.05) is 48.6 Å². The minimum Gasteiger partial charge on any atom is -0.370 e. The second-order valence-electron chi connectivity index (χ2n) is 7.68. The number of nitrogens with zero attached hydrogens (tertiary/aromatic N) is 1. The number of carbonyl (C=O) groups is 1. The summed E-state index contributed by atoms with van der Waals surface area (Å²) in [6.45, 7) is 2.84. The molecular weight excluding hydrogens is 302 g/mol. The van der Waals surface area contributed by atoms with E-state index in [9.17, 15) is 4.79 Å². The van der Waals surface area contributed by atoms with Gasteiger partial charge in [0.25, 0.3) is 5.91 Å². The number of H-pyrrole nitrogens is 1. The highest BCUT2D eigenvalue weighted by atomic mass is 16.5. The Morgan fingerprint density at radius 2 is 2.33 bits per heavy atom. The normalized spacial score (nSPS) is 34.8. The predicted molar refractivity (Wildman–Crippen MR) is 91.9 cm³/mol.